The van der Waals surface area contributed by atoms with Crippen LogP contribution < -0.4 is 9.47 Å². The molecule has 0 spiro atoms. The first-order chi connectivity index (χ1) is 29.3. The van der Waals surface area contributed by atoms with Crippen molar-refractivity contribution < 1.29 is 57.1 Å². The molecule has 1 saturated heterocycles. The molecule has 0 bridgehead atoms. The molecule has 0 aromatic heterocycles. The number of carbonyl (C=O) groups excluding carboxylic acids is 4. The van der Waals surface area contributed by atoms with Crippen LogP contribution in [0.3, 0.4) is 0 Å². The first-order valence-corrected chi connectivity index (χ1v) is 20.2. The van der Waals surface area contributed by atoms with Crippen LogP contribution in [-0.2, 0) is 38.0 Å². The lowest BCUT2D eigenvalue weighted by Crippen LogP contribution is -2.44. The maximum Gasteiger partial charge on any atom is 0.340 e. The van der Waals surface area contributed by atoms with Gasteiger partial charge in [-0.15, -0.1) is 0 Å². The van der Waals surface area contributed by atoms with Crippen LogP contribution in [0.25, 0.3) is 22.3 Å². The van der Waals surface area contributed by atoms with Crippen molar-refractivity contribution in [2.75, 3.05) is 39.6 Å². The quantitative estimate of drug-likeness (QED) is 0.0288. The summed E-state index contributed by atoms with van der Waals surface area (Å²) in [5.74, 6) is -0.575. The zero-order valence-electron chi connectivity index (χ0n) is 33.8. The highest BCUT2D eigenvalue weighted by molar-refractivity contribution is 5.91. The molecule has 5 rings (SSSR count). The Balaban J connectivity index is 1.02. The second-order valence-electron chi connectivity index (χ2n) is 13.8. The number of esters is 4. The van der Waals surface area contributed by atoms with E-state index in [1.807, 2.05) is 72.8 Å². The maximum absolute atomic E-state index is 13.1. The molecule has 1 aliphatic rings. The van der Waals surface area contributed by atoms with Gasteiger partial charge in [0.15, 0.2) is 0 Å². The van der Waals surface area contributed by atoms with E-state index in [2.05, 4.69) is 13.2 Å². The molecule has 4 aromatic carbocycles. The van der Waals surface area contributed by atoms with E-state index >= 15 is 0 Å². The molecule has 2 atom stereocenters. The molecule has 0 aliphatic carbocycles. The smallest absolute Gasteiger partial charge is 0.340 e. The summed E-state index contributed by atoms with van der Waals surface area (Å²) >= 11 is 0. The minimum absolute atomic E-state index is 0.162. The predicted octanol–water partition coefficient (Wildman–Crippen LogP) is 9.07. The first kappa shape index (κ1) is 44.9. The molecule has 316 valence electrons. The summed E-state index contributed by atoms with van der Waals surface area (Å²) < 4.78 is 44.1. The Kier molecular flexibility index (Phi) is 18.4. The van der Waals surface area contributed by atoms with Gasteiger partial charge >= 0.3 is 23.9 Å². The molecular weight excluding hydrogens is 769 g/mol. The molecule has 12 nitrogen and oxygen atoms in total. The lowest BCUT2D eigenvalue weighted by Gasteiger charge is -2.30. The fourth-order valence-electron chi connectivity index (χ4n) is 6.06. The van der Waals surface area contributed by atoms with Gasteiger partial charge in [-0.05, 0) is 122 Å². The largest absolute Gasteiger partial charge is 0.494 e. The van der Waals surface area contributed by atoms with Crippen LogP contribution in [0.4, 0.5) is 0 Å². The molecule has 0 N–H and O–H groups in total. The van der Waals surface area contributed by atoms with Crippen molar-refractivity contribution in [3.63, 3.8) is 0 Å². The van der Waals surface area contributed by atoms with Crippen molar-refractivity contribution in [1.29, 1.82) is 0 Å². The highest BCUT2D eigenvalue weighted by atomic mass is 16.8. The van der Waals surface area contributed by atoms with E-state index < -0.39 is 36.5 Å². The number of ether oxygens (including phenoxy) is 8. The van der Waals surface area contributed by atoms with E-state index in [0.29, 0.717) is 37.6 Å². The van der Waals surface area contributed by atoms with E-state index in [0.717, 1.165) is 97.3 Å². The van der Waals surface area contributed by atoms with E-state index in [-0.39, 0.29) is 13.2 Å². The lowest BCUT2D eigenvalue weighted by molar-refractivity contribution is -0.288. The third kappa shape index (κ3) is 14.9. The van der Waals surface area contributed by atoms with Crippen LogP contribution in [0.1, 0.15) is 72.1 Å². The Morgan fingerprint density at radius 1 is 0.467 bits per heavy atom. The van der Waals surface area contributed by atoms with Gasteiger partial charge in [0.05, 0.1) is 50.8 Å². The summed E-state index contributed by atoms with van der Waals surface area (Å²) in [4.78, 5) is 48.4. The topological polar surface area (TPSA) is 142 Å². The Morgan fingerprint density at radius 2 is 0.783 bits per heavy atom. The van der Waals surface area contributed by atoms with Crippen LogP contribution in [0.15, 0.2) is 122 Å². The van der Waals surface area contributed by atoms with Crippen molar-refractivity contribution in [3.8, 4) is 33.8 Å². The van der Waals surface area contributed by atoms with Crippen LogP contribution in [0.2, 0.25) is 0 Å². The normalized spacial score (nSPS) is 14.6. The highest BCUT2D eigenvalue weighted by Gasteiger charge is 2.34. The second kappa shape index (κ2) is 24.6. The van der Waals surface area contributed by atoms with Crippen LogP contribution in [-0.4, -0.2) is 76.1 Å². The Bertz CT molecular complexity index is 1830. The van der Waals surface area contributed by atoms with Gasteiger partial charge in [0, 0.05) is 12.2 Å². The SMILES string of the molecule is C=CC(=O)OCCCCCCOc1ccc(-c2ccc(C(=O)O[C@@H]3OCCO[C@H]3OC(=O)c3ccc(-c4ccc(OCCCCCCOC(=O)C=C)cc4)cc3)cc2)cc1. The molecule has 0 radical (unpaired) electrons. The summed E-state index contributed by atoms with van der Waals surface area (Å²) in [6.45, 7) is 9.05. The zero-order valence-corrected chi connectivity index (χ0v) is 33.8. The van der Waals surface area contributed by atoms with Gasteiger partial charge in [-0.25, -0.2) is 19.2 Å². The fourth-order valence-corrected chi connectivity index (χ4v) is 6.06. The predicted molar refractivity (Wildman–Crippen MR) is 224 cm³/mol. The van der Waals surface area contributed by atoms with E-state index in [1.54, 1.807) is 24.3 Å². The molecule has 60 heavy (non-hydrogen) atoms. The number of carbonyl (C=O) groups is 4. The molecular formula is C48H52O12. The van der Waals surface area contributed by atoms with E-state index in [9.17, 15) is 19.2 Å². The second-order valence-corrected chi connectivity index (χ2v) is 13.8. The minimum atomic E-state index is -1.25. The van der Waals surface area contributed by atoms with Gasteiger partial charge in [0.2, 0.25) is 0 Å². The average Bonchev–Trinajstić information content (AvgIpc) is 3.29. The van der Waals surface area contributed by atoms with Gasteiger partial charge in [-0.3, -0.25) is 0 Å². The third-order valence-electron chi connectivity index (χ3n) is 9.37. The van der Waals surface area contributed by atoms with Gasteiger partial charge < -0.3 is 37.9 Å². The van der Waals surface area contributed by atoms with Crippen LogP contribution in [0, 0.1) is 0 Å². The van der Waals surface area contributed by atoms with Gasteiger partial charge in [0.25, 0.3) is 12.6 Å². The van der Waals surface area contributed by atoms with Crippen molar-refractivity contribution in [2.45, 2.75) is 63.9 Å². The summed E-state index contributed by atoms with van der Waals surface area (Å²) in [5.41, 5.74) is 4.29. The van der Waals surface area contributed by atoms with E-state index in [4.69, 9.17) is 37.9 Å². The van der Waals surface area contributed by atoms with Crippen molar-refractivity contribution in [3.05, 3.63) is 133 Å². The molecule has 1 heterocycles. The fraction of sp³-hybridized carbons (Fsp3) is 0.333. The van der Waals surface area contributed by atoms with Crippen molar-refractivity contribution in [1.82, 2.24) is 0 Å². The summed E-state index contributed by atoms with van der Waals surface area (Å²) in [6, 6.07) is 29.3. The number of unbranched alkanes of at least 4 members (excludes halogenated alkanes) is 6. The molecule has 0 saturated carbocycles. The Hall–Kier alpha value is -6.24. The molecule has 0 unspecified atom stereocenters. The van der Waals surface area contributed by atoms with Crippen molar-refractivity contribution >= 4 is 23.9 Å². The summed E-state index contributed by atoms with van der Waals surface area (Å²) in [5, 5.41) is 0. The van der Waals surface area contributed by atoms with Gasteiger partial charge in [-0.1, -0.05) is 61.7 Å². The maximum atomic E-state index is 13.1. The standard InChI is InChI=1S/C48H52O12/c1-3-43(49)55-31-11-7-5-9-29-53-41-25-21-37(22-26-41)35-13-17-39(18-14-35)45(51)59-47-48(58-34-33-57-47)60-46(52)40-19-15-36(16-20-40)38-23-27-42(28-24-38)54-30-10-6-8-12-32-56-44(50)4-2/h3-4,13-28,47-48H,1-2,5-12,29-34H2/t47-,48-/m0/s1. The minimum Gasteiger partial charge on any atom is -0.494 e. The Labute approximate surface area is 351 Å². The van der Waals surface area contributed by atoms with Gasteiger partial charge in [0.1, 0.15) is 11.5 Å². The first-order valence-electron chi connectivity index (χ1n) is 20.2. The monoisotopic (exact) mass is 820 g/mol. The summed E-state index contributed by atoms with van der Waals surface area (Å²) in [7, 11) is 0. The van der Waals surface area contributed by atoms with Crippen molar-refractivity contribution in [2.24, 2.45) is 0 Å². The molecule has 0 amide bonds. The Morgan fingerprint density at radius 3 is 1.12 bits per heavy atom. The zero-order chi connectivity index (χ0) is 42.4. The average molecular weight is 821 g/mol. The van der Waals surface area contributed by atoms with Crippen LogP contribution in [0.5, 0.6) is 11.5 Å². The number of hydrogen-bond donors (Lipinski definition) is 0. The molecule has 1 fully saturated rings. The van der Waals surface area contributed by atoms with E-state index in [1.165, 1.54) is 0 Å². The number of benzene rings is 4. The third-order valence-corrected chi connectivity index (χ3v) is 9.37. The van der Waals surface area contributed by atoms with Gasteiger partial charge in [-0.2, -0.15) is 0 Å². The summed E-state index contributed by atoms with van der Waals surface area (Å²) in [6.07, 6.45) is 7.05. The van der Waals surface area contributed by atoms with Crippen LogP contribution >= 0.6 is 0 Å². The highest BCUT2D eigenvalue weighted by Crippen LogP contribution is 2.26. The number of rotatable bonds is 24. The molecule has 1 aliphatic heterocycles. The lowest BCUT2D eigenvalue weighted by atomic mass is 10.0. The molecule has 12 heteroatoms. The number of hydrogen-bond acceptors (Lipinski definition) is 12. The molecule has 4 aromatic rings.